The molecule has 1 aromatic heterocycles. The van der Waals surface area contributed by atoms with Gasteiger partial charge in [0, 0.05) is 5.92 Å². The molecule has 15 heavy (non-hydrogen) atoms. The molecule has 0 bridgehead atoms. The average Bonchev–Trinajstić information content (AvgIpc) is 2.89. The molecule has 1 aliphatic carbocycles. The molecule has 4 nitrogen and oxygen atoms in total. The average molecular weight is 209 g/mol. The molecule has 84 valence electrons. The van der Waals surface area contributed by atoms with Crippen molar-refractivity contribution in [2.75, 3.05) is 0 Å². The van der Waals surface area contributed by atoms with Gasteiger partial charge in [-0.1, -0.05) is 31.3 Å². The molecule has 1 aromatic rings. The molecule has 0 unspecified atom stereocenters. The molecule has 0 aromatic carbocycles. The molecular formula is C11H19N3O. The van der Waals surface area contributed by atoms with Gasteiger partial charge in [-0.25, -0.2) is 0 Å². The number of hydrogen-bond acceptors (Lipinski definition) is 4. The van der Waals surface area contributed by atoms with Crippen LogP contribution in [0, 0.1) is 0 Å². The lowest BCUT2D eigenvalue weighted by molar-refractivity contribution is 0.342. The molecule has 1 aliphatic rings. The maximum Gasteiger partial charge on any atom is 0.243 e. The highest BCUT2D eigenvalue weighted by Gasteiger charge is 2.23. The predicted octanol–water partition coefficient (Wildman–Crippen LogP) is 2.53. The van der Waals surface area contributed by atoms with Crippen molar-refractivity contribution in [2.45, 2.75) is 57.4 Å². The van der Waals surface area contributed by atoms with Gasteiger partial charge >= 0.3 is 0 Å². The first-order chi connectivity index (χ1) is 7.31. The Morgan fingerprint density at radius 3 is 2.87 bits per heavy atom. The molecule has 0 radical (unpaired) electrons. The van der Waals surface area contributed by atoms with Crippen molar-refractivity contribution >= 4 is 0 Å². The standard InChI is InChI=1S/C11H19N3O/c1-2-5-9(12)11-13-10(14-15-11)8-6-3-4-7-8/h8-9H,2-7,12H2,1H3/t9-/m1/s1. The molecule has 2 rings (SSSR count). The van der Waals surface area contributed by atoms with E-state index in [0.29, 0.717) is 11.8 Å². The van der Waals surface area contributed by atoms with Gasteiger partial charge in [-0.05, 0) is 19.3 Å². The van der Waals surface area contributed by atoms with Crippen molar-refractivity contribution in [1.82, 2.24) is 10.1 Å². The maximum atomic E-state index is 5.92. The lowest BCUT2D eigenvalue weighted by atomic mass is 10.1. The number of hydrogen-bond donors (Lipinski definition) is 1. The van der Waals surface area contributed by atoms with Gasteiger partial charge in [-0.3, -0.25) is 0 Å². The zero-order valence-electron chi connectivity index (χ0n) is 9.28. The van der Waals surface area contributed by atoms with E-state index in [-0.39, 0.29) is 6.04 Å². The zero-order chi connectivity index (χ0) is 10.7. The Morgan fingerprint density at radius 2 is 2.20 bits per heavy atom. The van der Waals surface area contributed by atoms with E-state index in [1.165, 1.54) is 25.7 Å². The fourth-order valence-electron chi connectivity index (χ4n) is 2.18. The normalized spacial score (nSPS) is 19.6. The lowest BCUT2D eigenvalue weighted by Crippen LogP contribution is -2.10. The fourth-order valence-corrected chi connectivity index (χ4v) is 2.18. The Morgan fingerprint density at radius 1 is 1.47 bits per heavy atom. The van der Waals surface area contributed by atoms with Crippen LogP contribution in [0.5, 0.6) is 0 Å². The fraction of sp³-hybridized carbons (Fsp3) is 0.818. The van der Waals surface area contributed by atoms with E-state index in [2.05, 4.69) is 17.1 Å². The molecule has 0 saturated heterocycles. The molecular weight excluding hydrogens is 190 g/mol. The summed E-state index contributed by atoms with van der Waals surface area (Å²) < 4.78 is 5.21. The van der Waals surface area contributed by atoms with Crippen LogP contribution >= 0.6 is 0 Å². The van der Waals surface area contributed by atoms with Crippen molar-refractivity contribution in [3.63, 3.8) is 0 Å². The Labute approximate surface area is 90.2 Å². The first kappa shape index (κ1) is 10.6. The van der Waals surface area contributed by atoms with Crippen LogP contribution in [-0.2, 0) is 0 Å². The van der Waals surface area contributed by atoms with Gasteiger partial charge in [0.1, 0.15) is 0 Å². The van der Waals surface area contributed by atoms with Crippen LogP contribution in [0.2, 0.25) is 0 Å². The quantitative estimate of drug-likeness (QED) is 0.827. The Balaban J connectivity index is 2.02. The highest BCUT2D eigenvalue weighted by Crippen LogP contribution is 2.32. The second-order valence-electron chi connectivity index (χ2n) is 4.37. The number of nitrogens with two attached hydrogens (primary N) is 1. The summed E-state index contributed by atoms with van der Waals surface area (Å²) in [6, 6.07) is -0.0855. The molecule has 4 heteroatoms. The van der Waals surface area contributed by atoms with Gasteiger partial charge < -0.3 is 10.3 Å². The van der Waals surface area contributed by atoms with Gasteiger partial charge in [0.2, 0.25) is 5.89 Å². The topological polar surface area (TPSA) is 64.9 Å². The van der Waals surface area contributed by atoms with E-state index in [9.17, 15) is 0 Å². The van der Waals surface area contributed by atoms with Crippen molar-refractivity contribution in [1.29, 1.82) is 0 Å². The van der Waals surface area contributed by atoms with Gasteiger partial charge in [-0.2, -0.15) is 4.98 Å². The van der Waals surface area contributed by atoms with E-state index in [1.54, 1.807) is 0 Å². The van der Waals surface area contributed by atoms with Gasteiger partial charge in [0.05, 0.1) is 6.04 Å². The van der Waals surface area contributed by atoms with Crippen LogP contribution in [0.15, 0.2) is 4.52 Å². The van der Waals surface area contributed by atoms with E-state index >= 15 is 0 Å². The molecule has 0 aliphatic heterocycles. The molecule has 2 N–H and O–H groups in total. The second-order valence-corrected chi connectivity index (χ2v) is 4.37. The number of nitrogens with zero attached hydrogens (tertiary/aromatic N) is 2. The van der Waals surface area contributed by atoms with E-state index in [1.807, 2.05) is 0 Å². The third-order valence-corrected chi connectivity index (χ3v) is 3.09. The van der Waals surface area contributed by atoms with Crippen LogP contribution in [0.4, 0.5) is 0 Å². The van der Waals surface area contributed by atoms with E-state index in [0.717, 1.165) is 18.7 Å². The van der Waals surface area contributed by atoms with Crippen molar-refractivity contribution in [3.8, 4) is 0 Å². The summed E-state index contributed by atoms with van der Waals surface area (Å²) in [5.74, 6) is 1.99. The number of aromatic nitrogens is 2. The SMILES string of the molecule is CCC[C@@H](N)c1nc(C2CCCC2)no1. The number of rotatable bonds is 4. The summed E-state index contributed by atoms with van der Waals surface area (Å²) in [4.78, 5) is 4.41. The Bertz CT molecular complexity index is 305. The predicted molar refractivity (Wildman–Crippen MR) is 57.3 cm³/mol. The summed E-state index contributed by atoms with van der Waals surface area (Å²) in [5.41, 5.74) is 5.92. The van der Waals surface area contributed by atoms with Crippen LogP contribution in [0.3, 0.4) is 0 Å². The molecule has 1 saturated carbocycles. The largest absolute Gasteiger partial charge is 0.338 e. The molecule has 1 atom stereocenters. The molecule has 1 heterocycles. The van der Waals surface area contributed by atoms with Gasteiger partial charge in [0.25, 0.3) is 0 Å². The lowest BCUT2D eigenvalue weighted by Gasteiger charge is -2.03. The Hall–Kier alpha value is -0.900. The van der Waals surface area contributed by atoms with Crippen molar-refractivity contribution in [2.24, 2.45) is 5.73 Å². The highest BCUT2D eigenvalue weighted by molar-refractivity contribution is 4.99. The summed E-state index contributed by atoms with van der Waals surface area (Å²) in [7, 11) is 0. The van der Waals surface area contributed by atoms with Crippen LogP contribution in [0.25, 0.3) is 0 Å². The van der Waals surface area contributed by atoms with Crippen LogP contribution in [-0.4, -0.2) is 10.1 Å². The maximum absolute atomic E-state index is 5.92. The second kappa shape index (κ2) is 4.75. The zero-order valence-corrected chi connectivity index (χ0v) is 9.28. The monoisotopic (exact) mass is 209 g/mol. The van der Waals surface area contributed by atoms with E-state index in [4.69, 9.17) is 10.3 Å². The molecule has 0 spiro atoms. The van der Waals surface area contributed by atoms with Crippen LogP contribution in [0.1, 0.15) is 69.1 Å². The van der Waals surface area contributed by atoms with Gasteiger partial charge in [0.15, 0.2) is 5.82 Å². The van der Waals surface area contributed by atoms with E-state index < -0.39 is 0 Å². The minimum Gasteiger partial charge on any atom is -0.338 e. The van der Waals surface area contributed by atoms with Crippen molar-refractivity contribution in [3.05, 3.63) is 11.7 Å². The molecule has 0 amide bonds. The first-order valence-electron chi connectivity index (χ1n) is 5.90. The molecule has 1 fully saturated rings. The van der Waals surface area contributed by atoms with Gasteiger partial charge in [-0.15, -0.1) is 0 Å². The minimum atomic E-state index is -0.0855. The minimum absolute atomic E-state index is 0.0855. The third-order valence-electron chi connectivity index (χ3n) is 3.09. The third kappa shape index (κ3) is 2.37. The van der Waals surface area contributed by atoms with Crippen molar-refractivity contribution < 1.29 is 4.52 Å². The summed E-state index contributed by atoms with van der Waals surface area (Å²) in [6.07, 6.45) is 6.92. The summed E-state index contributed by atoms with van der Waals surface area (Å²) in [6.45, 7) is 2.11. The summed E-state index contributed by atoms with van der Waals surface area (Å²) in [5, 5.41) is 4.04. The summed E-state index contributed by atoms with van der Waals surface area (Å²) >= 11 is 0. The highest BCUT2D eigenvalue weighted by atomic mass is 16.5. The van der Waals surface area contributed by atoms with Crippen LogP contribution < -0.4 is 5.73 Å². The first-order valence-corrected chi connectivity index (χ1v) is 5.90. The Kier molecular flexibility index (Phi) is 3.36. The smallest absolute Gasteiger partial charge is 0.243 e.